The summed E-state index contributed by atoms with van der Waals surface area (Å²) in [4.78, 5) is 34.1. The van der Waals surface area contributed by atoms with Crippen LogP contribution in [0.2, 0.25) is 0 Å². The molecule has 0 N–H and O–H groups in total. The van der Waals surface area contributed by atoms with Crippen molar-refractivity contribution in [2.24, 2.45) is 13.0 Å². The second-order valence-electron chi connectivity index (χ2n) is 9.26. The van der Waals surface area contributed by atoms with Crippen LogP contribution in [0.15, 0.2) is 80.8 Å². The molecule has 6 rings (SSSR count). The van der Waals surface area contributed by atoms with E-state index in [2.05, 4.69) is 27.8 Å². The molecule has 0 amide bonds. The van der Waals surface area contributed by atoms with E-state index in [1.165, 1.54) is 9.13 Å². The maximum Gasteiger partial charge on any atom is 0.332 e. The molecule has 3 heterocycles. The lowest BCUT2D eigenvalue weighted by molar-refractivity contribution is 0.458. The highest BCUT2D eigenvalue weighted by atomic mass is 79.9. The molecule has 7 nitrogen and oxygen atoms in total. The first-order valence-electron chi connectivity index (χ1n) is 11.6. The Morgan fingerprint density at radius 1 is 0.971 bits per heavy atom. The number of anilines is 2. The fourth-order valence-electron chi connectivity index (χ4n) is 5.08. The van der Waals surface area contributed by atoms with Crippen molar-refractivity contribution in [3.8, 4) is 0 Å². The lowest BCUT2D eigenvalue weighted by Crippen LogP contribution is -2.40. The second-order valence-corrected chi connectivity index (χ2v) is 10.2. The smallest absolute Gasteiger partial charge is 0.312 e. The highest BCUT2D eigenvalue weighted by Crippen LogP contribution is 2.33. The van der Waals surface area contributed by atoms with E-state index in [0.717, 1.165) is 33.0 Å². The number of rotatable bonds is 3. The number of nitrogens with zero attached hydrogens (tertiary/aromatic N) is 5. The Bertz CT molecular complexity index is 1710. The third-order valence-corrected chi connectivity index (χ3v) is 7.32. The molecule has 0 fully saturated rings. The van der Waals surface area contributed by atoms with Gasteiger partial charge >= 0.3 is 5.69 Å². The average molecular weight is 530 g/mol. The number of aromatic nitrogens is 4. The van der Waals surface area contributed by atoms with E-state index in [0.29, 0.717) is 29.6 Å². The lowest BCUT2D eigenvalue weighted by Gasteiger charge is -2.33. The highest BCUT2D eigenvalue weighted by molar-refractivity contribution is 9.10. The van der Waals surface area contributed by atoms with E-state index in [4.69, 9.17) is 4.98 Å². The first-order valence-corrected chi connectivity index (χ1v) is 12.4. The molecular formula is C27H24BrN5O2. The SMILES string of the molecule is C[C@@H]1CN(c2ccc(Br)cc2)c2nc3c(c(=O)n(Cc4cccc5ccccc45)c(=O)n3C)n2C1. The van der Waals surface area contributed by atoms with Crippen LogP contribution in [0.5, 0.6) is 0 Å². The van der Waals surface area contributed by atoms with Crippen LogP contribution >= 0.6 is 15.9 Å². The largest absolute Gasteiger partial charge is 0.332 e. The van der Waals surface area contributed by atoms with E-state index >= 15 is 0 Å². The quantitative estimate of drug-likeness (QED) is 0.341. The van der Waals surface area contributed by atoms with Crippen molar-refractivity contribution in [3.05, 3.63) is 97.6 Å². The zero-order valence-corrected chi connectivity index (χ0v) is 21.1. The molecule has 1 atom stereocenters. The van der Waals surface area contributed by atoms with Gasteiger partial charge in [-0.25, -0.2) is 4.79 Å². The summed E-state index contributed by atoms with van der Waals surface area (Å²) >= 11 is 3.50. The zero-order valence-electron chi connectivity index (χ0n) is 19.5. The third-order valence-electron chi connectivity index (χ3n) is 6.79. The number of fused-ring (bicyclic) bond motifs is 4. The molecule has 8 heteroatoms. The van der Waals surface area contributed by atoms with Crippen LogP contribution in [0.3, 0.4) is 0 Å². The van der Waals surface area contributed by atoms with Gasteiger partial charge in [0.05, 0.1) is 6.54 Å². The minimum Gasteiger partial charge on any atom is -0.312 e. The van der Waals surface area contributed by atoms with Crippen LogP contribution in [0, 0.1) is 5.92 Å². The molecule has 0 unspecified atom stereocenters. The molecule has 0 spiro atoms. The van der Waals surface area contributed by atoms with Crippen molar-refractivity contribution in [1.82, 2.24) is 18.7 Å². The van der Waals surface area contributed by atoms with E-state index in [-0.39, 0.29) is 17.8 Å². The molecule has 0 bridgehead atoms. The minimum absolute atomic E-state index is 0.204. The Kier molecular flexibility index (Phi) is 5.14. The summed E-state index contributed by atoms with van der Waals surface area (Å²) in [6.45, 7) is 3.82. The summed E-state index contributed by atoms with van der Waals surface area (Å²) in [7, 11) is 1.69. The van der Waals surface area contributed by atoms with Gasteiger partial charge in [0, 0.05) is 30.3 Å². The summed E-state index contributed by atoms with van der Waals surface area (Å²) in [5.74, 6) is 0.988. The fourth-order valence-corrected chi connectivity index (χ4v) is 5.35. The van der Waals surface area contributed by atoms with Gasteiger partial charge < -0.3 is 9.47 Å². The van der Waals surface area contributed by atoms with Crippen LogP contribution < -0.4 is 16.1 Å². The molecule has 0 saturated carbocycles. The monoisotopic (exact) mass is 529 g/mol. The van der Waals surface area contributed by atoms with Crippen LogP contribution in [-0.4, -0.2) is 25.2 Å². The second kappa shape index (κ2) is 8.23. The molecule has 0 saturated heterocycles. The molecule has 5 aromatic rings. The molecule has 1 aliphatic heterocycles. The number of benzene rings is 3. The van der Waals surface area contributed by atoms with E-state index in [1.54, 1.807) is 7.05 Å². The maximum absolute atomic E-state index is 13.8. The van der Waals surface area contributed by atoms with Crippen LogP contribution in [0.25, 0.3) is 21.9 Å². The highest BCUT2D eigenvalue weighted by Gasteiger charge is 2.30. The predicted octanol–water partition coefficient (Wildman–Crippen LogP) is 4.65. The molecule has 2 aromatic heterocycles. The molecule has 3 aromatic carbocycles. The molecule has 0 radical (unpaired) electrons. The van der Waals surface area contributed by atoms with Crippen LogP contribution in [-0.2, 0) is 20.1 Å². The molecular weight excluding hydrogens is 506 g/mol. The van der Waals surface area contributed by atoms with Crippen molar-refractivity contribution in [2.45, 2.75) is 20.0 Å². The van der Waals surface area contributed by atoms with Crippen molar-refractivity contribution in [1.29, 1.82) is 0 Å². The fraction of sp³-hybridized carbons (Fsp3) is 0.222. The normalized spacial score (nSPS) is 15.6. The summed E-state index contributed by atoms with van der Waals surface area (Å²) < 4.78 is 5.81. The molecule has 35 heavy (non-hydrogen) atoms. The minimum atomic E-state index is -0.367. The van der Waals surface area contributed by atoms with Crippen molar-refractivity contribution >= 4 is 49.5 Å². The van der Waals surface area contributed by atoms with E-state index < -0.39 is 0 Å². The van der Waals surface area contributed by atoms with E-state index in [1.807, 2.05) is 71.3 Å². The van der Waals surface area contributed by atoms with Gasteiger partial charge in [0.15, 0.2) is 11.2 Å². The molecule has 0 aliphatic carbocycles. The standard InChI is InChI=1S/C27H24BrN5O2/c1-17-14-31(21-12-10-20(28)11-13-21)26-29-24-23(32(26)15-17)25(34)33(27(35)30(24)2)16-19-8-5-7-18-6-3-4-9-22(18)19/h3-13,17H,14-16H2,1-2H3/t17-/m1/s1. The zero-order chi connectivity index (χ0) is 24.3. The van der Waals surface area contributed by atoms with Gasteiger partial charge in [0.25, 0.3) is 5.56 Å². The predicted molar refractivity (Wildman–Crippen MR) is 143 cm³/mol. The average Bonchev–Trinajstić information content (AvgIpc) is 3.25. The van der Waals surface area contributed by atoms with E-state index in [9.17, 15) is 9.59 Å². The summed E-state index contributed by atoms with van der Waals surface area (Å²) in [5.41, 5.74) is 2.15. The Labute approximate surface area is 210 Å². The third kappa shape index (κ3) is 3.51. The van der Waals surface area contributed by atoms with Crippen LogP contribution in [0.4, 0.5) is 11.6 Å². The molecule has 176 valence electrons. The lowest BCUT2D eigenvalue weighted by atomic mass is 10.0. The van der Waals surface area contributed by atoms with Gasteiger partial charge in [-0.15, -0.1) is 0 Å². The number of imidazole rings is 1. The number of hydrogen-bond donors (Lipinski definition) is 0. The Morgan fingerprint density at radius 2 is 1.71 bits per heavy atom. The van der Waals surface area contributed by atoms with Crippen molar-refractivity contribution < 1.29 is 0 Å². The Hall–Kier alpha value is -3.65. The van der Waals surface area contributed by atoms with Gasteiger partial charge in [0.2, 0.25) is 5.95 Å². The van der Waals surface area contributed by atoms with Crippen molar-refractivity contribution in [2.75, 3.05) is 11.4 Å². The van der Waals surface area contributed by atoms with Gasteiger partial charge in [-0.05, 0) is 46.5 Å². The van der Waals surface area contributed by atoms with Gasteiger partial charge in [0.1, 0.15) is 0 Å². The van der Waals surface area contributed by atoms with Crippen LogP contribution in [0.1, 0.15) is 12.5 Å². The maximum atomic E-state index is 13.8. The Balaban J connectivity index is 1.55. The number of hydrogen-bond acceptors (Lipinski definition) is 4. The number of aryl methyl sites for hydroxylation is 1. The first kappa shape index (κ1) is 21.9. The van der Waals surface area contributed by atoms with Gasteiger partial charge in [-0.1, -0.05) is 65.3 Å². The topological polar surface area (TPSA) is 65.1 Å². The summed E-state index contributed by atoms with van der Waals surface area (Å²) in [6.07, 6.45) is 0. The summed E-state index contributed by atoms with van der Waals surface area (Å²) in [5, 5.41) is 2.12. The van der Waals surface area contributed by atoms with Crippen molar-refractivity contribution in [3.63, 3.8) is 0 Å². The van der Waals surface area contributed by atoms with Gasteiger partial charge in [-0.3, -0.25) is 13.9 Å². The molecule has 1 aliphatic rings. The number of halogens is 1. The Morgan fingerprint density at radius 3 is 2.51 bits per heavy atom. The first-order chi connectivity index (χ1) is 16.9. The summed E-state index contributed by atoms with van der Waals surface area (Å²) in [6, 6.07) is 22.0. The van der Waals surface area contributed by atoms with Gasteiger partial charge in [-0.2, -0.15) is 4.98 Å².